The summed E-state index contributed by atoms with van der Waals surface area (Å²) in [5.41, 5.74) is 0. The topological polar surface area (TPSA) is 46.6 Å². The van der Waals surface area contributed by atoms with Crippen molar-refractivity contribution in [2.45, 2.75) is 19.8 Å². The number of carbonyl (C=O) groups excluding carboxylic acids is 2. The van der Waals surface area contributed by atoms with Crippen molar-refractivity contribution >= 4 is 12.0 Å². The molecule has 80 valence electrons. The van der Waals surface area contributed by atoms with E-state index in [0.717, 1.165) is 4.90 Å². The Labute approximate surface area is 82.0 Å². The predicted molar refractivity (Wildman–Crippen MR) is 47.4 cm³/mol. The van der Waals surface area contributed by atoms with E-state index in [2.05, 4.69) is 4.74 Å². The largest absolute Gasteiger partial charge is 0.447 e. The number of alkyl halides is 1. The number of carbonyl (C=O) groups is 2. The Morgan fingerprint density at radius 3 is 2.86 bits per heavy atom. The van der Waals surface area contributed by atoms with Crippen molar-refractivity contribution in [3.8, 4) is 0 Å². The van der Waals surface area contributed by atoms with Crippen LogP contribution < -0.4 is 0 Å². The number of ether oxygens (including phenoxy) is 1. The summed E-state index contributed by atoms with van der Waals surface area (Å²) in [4.78, 5) is 23.4. The number of amides is 2. The molecule has 1 rings (SSSR count). The molecule has 1 fully saturated rings. The van der Waals surface area contributed by atoms with Crippen molar-refractivity contribution in [2.24, 2.45) is 5.92 Å². The third-order valence-electron chi connectivity index (χ3n) is 2.32. The molecule has 5 heteroatoms. The second-order valence-corrected chi connectivity index (χ2v) is 3.29. The molecule has 0 saturated carbocycles. The zero-order valence-corrected chi connectivity index (χ0v) is 8.16. The molecule has 4 nitrogen and oxygen atoms in total. The van der Waals surface area contributed by atoms with Crippen LogP contribution in [0.4, 0.5) is 9.18 Å². The molecule has 1 saturated heterocycles. The van der Waals surface area contributed by atoms with Crippen LogP contribution >= 0.6 is 0 Å². The van der Waals surface area contributed by atoms with Crippen molar-refractivity contribution < 1.29 is 18.7 Å². The summed E-state index contributed by atoms with van der Waals surface area (Å²) in [6, 6.07) is 0. The molecule has 1 atom stereocenters. The summed E-state index contributed by atoms with van der Waals surface area (Å²) < 4.78 is 16.9. The fraction of sp³-hybridized carbons (Fsp3) is 0.778. The summed E-state index contributed by atoms with van der Waals surface area (Å²) in [6.45, 7) is 1.84. The Hall–Kier alpha value is -1.13. The van der Waals surface area contributed by atoms with Gasteiger partial charge < -0.3 is 4.74 Å². The van der Waals surface area contributed by atoms with Crippen molar-refractivity contribution in [2.75, 3.05) is 19.8 Å². The summed E-state index contributed by atoms with van der Waals surface area (Å²) in [5, 5.41) is 0. The molecule has 0 aromatic heterocycles. The number of rotatable bonds is 4. The molecule has 0 aliphatic carbocycles. The van der Waals surface area contributed by atoms with Crippen LogP contribution in [-0.2, 0) is 9.53 Å². The van der Waals surface area contributed by atoms with Crippen LogP contribution in [-0.4, -0.2) is 36.7 Å². The summed E-state index contributed by atoms with van der Waals surface area (Å²) in [6.07, 6.45) is 0.0801. The number of halogens is 1. The lowest BCUT2D eigenvalue weighted by Crippen LogP contribution is -2.33. The molecule has 1 aliphatic heterocycles. The van der Waals surface area contributed by atoms with Gasteiger partial charge in [-0.05, 0) is 5.92 Å². The van der Waals surface area contributed by atoms with Gasteiger partial charge in [0.15, 0.2) is 0 Å². The minimum absolute atomic E-state index is 0.0854. The second kappa shape index (κ2) is 4.93. The van der Waals surface area contributed by atoms with E-state index in [0.29, 0.717) is 13.0 Å². The van der Waals surface area contributed by atoms with Gasteiger partial charge in [-0.25, -0.2) is 9.69 Å². The maximum absolute atomic E-state index is 12.3. The Morgan fingerprint density at radius 1 is 1.71 bits per heavy atom. The molecule has 0 bridgehead atoms. The van der Waals surface area contributed by atoms with Crippen LogP contribution in [0.3, 0.4) is 0 Å². The summed E-state index contributed by atoms with van der Waals surface area (Å²) in [7, 11) is 0. The molecule has 1 heterocycles. The smallest absolute Gasteiger partial charge is 0.416 e. The highest BCUT2D eigenvalue weighted by Gasteiger charge is 2.29. The normalized spacial score (nSPS) is 18.1. The Bertz CT molecular complexity index is 228. The van der Waals surface area contributed by atoms with E-state index in [4.69, 9.17) is 0 Å². The standard InChI is InChI=1S/C9H14FNO3/c1-2-7(6-10)5-8(12)11-3-4-14-9(11)13/h7H,2-6H2,1H3. The maximum Gasteiger partial charge on any atom is 0.416 e. The van der Waals surface area contributed by atoms with E-state index in [-0.39, 0.29) is 24.9 Å². The fourth-order valence-corrected chi connectivity index (χ4v) is 1.29. The van der Waals surface area contributed by atoms with Gasteiger partial charge in [0.1, 0.15) is 6.61 Å². The average molecular weight is 203 g/mol. The molecule has 0 N–H and O–H groups in total. The van der Waals surface area contributed by atoms with Gasteiger partial charge in [-0.15, -0.1) is 0 Å². The lowest BCUT2D eigenvalue weighted by atomic mass is 10.0. The highest BCUT2D eigenvalue weighted by molar-refractivity contribution is 5.93. The molecule has 0 radical (unpaired) electrons. The van der Waals surface area contributed by atoms with Crippen molar-refractivity contribution in [3.63, 3.8) is 0 Å². The molecular formula is C9H14FNO3. The summed E-state index contributed by atoms with van der Waals surface area (Å²) in [5.74, 6) is -0.618. The molecule has 0 aromatic rings. The van der Waals surface area contributed by atoms with Gasteiger partial charge in [0.2, 0.25) is 5.91 Å². The van der Waals surface area contributed by atoms with E-state index < -0.39 is 12.8 Å². The molecule has 1 unspecified atom stereocenters. The maximum atomic E-state index is 12.3. The minimum atomic E-state index is -0.608. The first-order chi connectivity index (χ1) is 6.69. The fourth-order valence-electron chi connectivity index (χ4n) is 1.29. The van der Waals surface area contributed by atoms with Crippen molar-refractivity contribution in [1.82, 2.24) is 4.90 Å². The van der Waals surface area contributed by atoms with Crippen LogP contribution in [0, 0.1) is 5.92 Å². The lowest BCUT2D eigenvalue weighted by Gasteiger charge is -2.14. The first kappa shape index (κ1) is 10.9. The van der Waals surface area contributed by atoms with Crippen molar-refractivity contribution in [3.05, 3.63) is 0 Å². The third kappa shape index (κ3) is 2.43. The number of cyclic esters (lactones) is 1. The molecule has 14 heavy (non-hydrogen) atoms. The monoisotopic (exact) mass is 203 g/mol. The molecular weight excluding hydrogens is 189 g/mol. The predicted octanol–water partition coefficient (Wildman–Crippen LogP) is 1.35. The van der Waals surface area contributed by atoms with E-state index in [9.17, 15) is 14.0 Å². The number of nitrogens with zero attached hydrogens (tertiary/aromatic N) is 1. The molecule has 0 aromatic carbocycles. The number of hydrogen-bond acceptors (Lipinski definition) is 3. The van der Waals surface area contributed by atoms with Gasteiger partial charge in [-0.3, -0.25) is 9.18 Å². The van der Waals surface area contributed by atoms with Gasteiger partial charge in [-0.2, -0.15) is 0 Å². The van der Waals surface area contributed by atoms with Gasteiger partial charge in [0.05, 0.1) is 13.2 Å². The Balaban J connectivity index is 2.44. The van der Waals surface area contributed by atoms with Crippen LogP contribution in [0.15, 0.2) is 0 Å². The van der Waals surface area contributed by atoms with Crippen LogP contribution in [0.1, 0.15) is 19.8 Å². The third-order valence-corrected chi connectivity index (χ3v) is 2.32. The average Bonchev–Trinajstić information content (AvgIpc) is 2.60. The van der Waals surface area contributed by atoms with E-state index in [1.54, 1.807) is 0 Å². The van der Waals surface area contributed by atoms with E-state index in [1.807, 2.05) is 6.92 Å². The SMILES string of the molecule is CCC(CF)CC(=O)N1CCOC1=O. The zero-order valence-electron chi connectivity index (χ0n) is 8.16. The molecule has 1 aliphatic rings. The van der Waals surface area contributed by atoms with Crippen LogP contribution in [0.5, 0.6) is 0 Å². The van der Waals surface area contributed by atoms with Gasteiger partial charge in [0, 0.05) is 6.42 Å². The van der Waals surface area contributed by atoms with E-state index in [1.165, 1.54) is 0 Å². The highest BCUT2D eigenvalue weighted by atomic mass is 19.1. The number of hydrogen-bond donors (Lipinski definition) is 0. The second-order valence-electron chi connectivity index (χ2n) is 3.29. The van der Waals surface area contributed by atoms with Crippen LogP contribution in [0.25, 0.3) is 0 Å². The Kier molecular flexibility index (Phi) is 3.85. The van der Waals surface area contributed by atoms with Crippen LogP contribution in [0.2, 0.25) is 0 Å². The van der Waals surface area contributed by atoms with E-state index >= 15 is 0 Å². The lowest BCUT2D eigenvalue weighted by molar-refractivity contribution is -0.128. The van der Waals surface area contributed by atoms with Gasteiger partial charge in [-0.1, -0.05) is 13.3 Å². The number of imide groups is 1. The molecule has 2 amide bonds. The first-order valence-electron chi connectivity index (χ1n) is 4.72. The van der Waals surface area contributed by atoms with Gasteiger partial charge >= 0.3 is 6.09 Å². The summed E-state index contributed by atoms with van der Waals surface area (Å²) >= 11 is 0. The Morgan fingerprint density at radius 2 is 2.43 bits per heavy atom. The molecule has 0 spiro atoms. The highest BCUT2D eigenvalue weighted by Crippen LogP contribution is 2.13. The van der Waals surface area contributed by atoms with Crippen molar-refractivity contribution in [1.29, 1.82) is 0 Å². The van der Waals surface area contributed by atoms with Gasteiger partial charge in [0.25, 0.3) is 0 Å². The minimum Gasteiger partial charge on any atom is -0.447 e. The quantitative estimate of drug-likeness (QED) is 0.692. The zero-order chi connectivity index (χ0) is 10.6. The first-order valence-corrected chi connectivity index (χ1v) is 4.72.